The lowest BCUT2D eigenvalue weighted by molar-refractivity contribution is -0.148. The lowest BCUT2D eigenvalue weighted by Gasteiger charge is -2.54. The molecule has 5 atom stereocenters. The Morgan fingerprint density at radius 1 is 1.30 bits per heavy atom. The zero-order valence-electron chi connectivity index (χ0n) is 16.5. The van der Waals surface area contributed by atoms with Gasteiger partial charge >= 0.3 is 0 Å². The Labute approximate surface area is 172 Å². The van der Waals surface area contributed by atoms with Crippen LogP contribution >= 0.6 is 25.3 Å². The molecule has 27 heavy (non-hydrogen) atoms. The van der Waals surface area contributed by atoms with Gasteiger partial charge in [-0.2, -0.15) is 25.3 Å². The Morgan fingerprint density at radius 2 is 2.00 bits per heavy atom. The number of nitrogens with one attached hydrogen (secondary N) is 1. The number of hydrogen-bond donors (Lipinski definition) is 3. The molecule has 0 aliphatic carbocycles. The van der Waals surface area contributed by atoms with Crippen molar-refractivity contribution in [3.63, 3.8) is 0 Å². The predicted octanol–water partition coefficient (Wildman–Crippen LogP) is 4.98. The van der Waals surface area contributed by atoms with Gasteiger partial charge in [-0.05, 0) is 62.3 Å². The van der Waals surface area contributed by atoms with Crippen molar-refractivity contribution < 1.29 is 9.18 Å². The highest BCUT2D eigenvalue weighted by molar-refractivity contribution is 7.83. The molecule has 0 bridgehead atoms. The average Bonchev–Trinajstić information content (AvgIpc) is 2.91. The van der Waals surface area contributed by atoms with E-state index in [0.29, 0.717) is 12.8 Å². The SMILES string of the molecule is CCCC1C[C@@]2(S)C[C@]3(C)c4cc(F)ccc4N[C@]3(C)N2C(=O)[C@@]1(S)CC. The predicted molar refractivity (Wildman–Crippen MR) is 114 cm³/mol. The van der Waals surface area contributed by atoms with Crippen molar-refractivity contribution in [2.24, 2.45) is 5.92 Å². The maximum Gasteiger partial charge on any atom is 0.241 e. The van der Waals surface area contributed by atoms with Crippen molar-refractivity contribution in [1.82, 2.24) is 4.90 Å². The number of carbonyl (C=O) groups is 1. The van der Waals surface area contributed by atoms with Crippen LogP contribution in [0.25, 0.3) is 0 Å². The van der Waals surface area contributed by atoms with Crippen LogP contribution in [0, 0.1) is 11.7 Å². The quantitative estimate of drug-likeness (QED) is 0.616. The zero-order valence-corrected chi connectivity index (χ0v) is 18.3. The monoisotopic (exact) mass is 408 g/mol. The van der Waals surface area contributed by atoms with Crippen LogP contribution in [0.4, 0.5) is 10.1 Å². The normalized spacial score (nSPS) is 42.6. The molecule has 0 spiro atoms. The van der Waals surface area contributed by atoms with Crippen LogP contribution in [-0.4, -0.2) is 26.1 Å². The molecule has 148 valence electrons. The van der Waals surface area contributed by atoms with E-state index in [1.54, 1.807) is 12.1 Å². The number of hydrogen-bond acceptors (Lipinski definition) is 4. The molecular formula is C21H29FN2OS2. The van der Waals surface area contributed by atoms with E-state index >= 15 is 0 Å². The third kappa shape index (κ3) is 2.26. The van der Waals surface area contributed by atoms with Crippen LogP contribution in [0.15, 0.2) is 18.2 Å². The van der Waals surface area contributed by atoms with E-state index in [0.717, 1.165) is 30.5 Å². The minimum absolute atomic E-state index is 0.0556. The number of rotatable bonds is 3. The molecule has 3 aliphatic heterocycles. The van der Waals surface area contributed by atoms with Crippen molar-refractivity contribution in [2.75, 3.05) is 5.32 Å². The molecule has 0 radical (unpaired) electrons. The molecule has 3 aliphatic rings. The van der Waals surface area contributed by atoms with Gasteiger partial charge in [-0.15, -0.1) is 0 Å². The topological polar surface area (TPSA) is 32.3 Å². The first-order chi connectivity index (χ1) is 12.6. The van der Waals surface area contributed by atoms with E-state index in [2.05, 4.69) is 26.1 Å². The molecule has 1 aromatic rings. The number of thiol groups is 2. The van der Waals surface area contributed by atoms with Gasteiger partial charge in [0.2, 0.25) is 5.91 Å². The van der Waals surface area contributed by atoms with Crippen LogP contribution in [-0.2, 0) is 10.2 Å². The maximum absolute atomic E-state index is 14.1. The standard InChI is InChI=1S/C21H29FN2OS2/c1-5-7-13-11-20(26)12-18(3)15-10-14(22)8-9-16(15)23-19(18,4)24(20)17(25)21(13,27)6-2/h8-10,13,23,26-27H,5-7,11-12H2,1-4H3/t13?,18-,19-,20-,21-/m1/s1. The summed E-state index contributed by atoms with van der Waals surface area (Å²) in [5.74, 6) is 0.00141. The van der Waals surface area contributed by atoms with Gasteiger partial charge < -0.3 is 10.2 Å². The molecule has 4 rings (SSSR count). The number of fused-ring (bicyclic) bond motifs is 5. The highest BCUT2D eigenvalue weighted by atomic mass is 32.1. The first kappa shape index (κ1) is 19.4. The zero-order chi connectivity index (χ0) is 19.8. The molecule has 1 amide bonds. The Bertz CT molecular complexity index is 819. The van der Waals surface area contributed by atoms with E-state index in [4.69, 9.17) is 25.3 Å². The lowest BCUT2D eigenvalue weighted by atomic mass is 9.73. The Balaban J connectivity index is 1.86. The van der Waals surface area contributed by atoms with Gasteiger partial charge in [-0.3, -0.25) is 4.79 Å². The van der Waals surface area contributed by atoms with Gasteiger partial charge in [0.25, 0.3) is 0 Å². The number of benzene rings is 1. The average molecular weight is 409 g/mol. The lowest BCUT2D eigenvalue weighted by Crippen LogP contribution is -2.68. The summed E-state index contributed by atoms with van der Waals surface area (Å²) in [6.45, 7) is 8.39. The van der Waals surface area contributed by atoms with Crippen molar-refractivity contribution >= 4 is 36.9 Å². The molecule has 2 saturated heterocycles. The van der Waals surface area contributed by atoms with E-state index in [-0.39, 0.29) is 17.6 Å². The Hall–Kier alpha value is -0.880. The van der Waals surface area contributed by atoms with E-state index in [1.165, 1.54) is 6.07 Å². The highest BCUT2D eigenvalue weighted by Gasteiger charge is 2.72. The second-order valence-corrected chi connectivity index (χ2v) is 10.6. The smallest absolute Gasteiger partial charge is 0.241 e. The van der Waals surface area contributed by atoms with Crippen molar-refractivity contribution in [2.45, 2.75) is 80.5 Å². The van der Waals surface area contributed by atoms with Crippen LogP contribution in [0.1, 0.15) is 65.4 Å². The fourth-order valence-corrected chi connectivity index (χ4v) is 7.14. The summed E-state index contributed by atoms with van der Waals surface area (Å²) < 4.78 is 13.4. The Kier molecular flexibility index (Phi) is 4.19. The molecule has 1 N–H and O–H groups in total. The van der Waals surface area contributed by atoms with Gasteiger partial charge in [-0.1, -0.05) is 27.2 Å². The minimum atomic E-state index is -0.682. The van der Waals surface area contributed by atoms with Crippen LogP contribution in [0.3, 0.4) is 0 Å². The number of halogens is 1. The second kappa shape index (κ2) is 5.82. The number of piperidine rings is 1. The first-order valence-electron chi connectivity index (χ1n) is 9.93. The van der Waals surface area contributed by atoms with Gasteiger partial charge in [0, 0.05) is 11.1 Å². The molecule has 0 aromatic heterocycles. The first-order valence-corrected chi connectivity index (χ1v) is 10.8. The van der Waals surface area contributed by atoms with Gasteiger partial charge in [0.15, 0.2) is 0 Å². The summed E-state index contributed by atoms with van der Waals surface area (Å²) in [7, 11) is 0. The maximum atomic E-state index is 14.1. The third-order valence-electron chi connectivity index (χ3n) is 7.53. The van der Waals surface area contributed by atoms with E-state index in [1.807, 2.05) is 11.8 Å². The van der Waals surface area contributed by atoms with Gasteiger partial charge in [0.1, 0.15) is 11.5 Å². The van der Waals surface area contributed by atoms with Crippen LogP contribution in [0.5, 0.6) is 0 Å². The van der Waals surface area contributed by atoms with E-state index < -0.39 is 20.7 Å². The van der Waals surface area contributed by atoms with Gasteiger partial charge in [-0.25, -0.2) is 4.39 Å². The fourth-order valence-electron chi connectivity index (χ4n) is 5.99. The van der Waals surface area contributed by atoms with Crippen molar-refractivity contribution in [3.05, 3.63) is 29.6 Å². The number of amides is 1. The minimum Gasteiger partial charge on any atom is -0.362 e. The molecule has 3 nitrogen and oxygen atoms in total. The molecule has 1 unspecified atom stereocenters. The van der Waals surface area contributed by atoms with Crippen LogP contribution < -0.4 is 5.32 Å². The molecule has 2 fully saturated rings. The summed E-state index contributed by atoms with van der Waals surface area (Å²) in [6, 6.07) is 4.87. The number of carbonyl (C=O) groups excluding carboxylic acids is 1. The number of nitrogens with zero attached hydrogens (tertiary/aromatic N) is 1. The van der Waals surface area contributed by atoms with Gasteiger partial charge in [0.05, 0.1) is 9.62 Å². The fraction of sp³-hybridized carbons (Fsp3) is 0.667. The molecule has 1 aromatic carbocycles. The van der Waals surface area contributed by atoms with Crippen molar-refractivity contribution in [1.29, 1.82) is 0 Å². The second-order valence-electron chi connectivity index (χ2n) is 8.99. The molecule has 0 saturated carbocycles. The van der Waals surface area contributed by atoms with Crippen molar-refractivity contribution in [3.8, 4) is 0 Å². The molecule has 6 heteroatoms. The number of anilines is 1. The third-order valence-corrected chi connectivity index (χ3v) is 8.94. The molecule has 3 heterocycles. The van der Waals surface area contributed by atoms with Crippen LogP contribution in [0.2, 0.25) is 0 Å². The Morgan fingerprint density at radius 3 is 2.63 bits per heavy atom. The largest absolute Gasteiger partial charge is 0.362 e. The summed E-state index contributed by atoms with van der Waals surface area (Å²) >= 11 is 10.1. The summed E-state index contributed by atoms with van der Waals surface area (Å²) in [5.41, 5.74) is 0.781. The summed E-state index contributed by atoms with van der Waals surface area (Å²) in [5, 5.41) is 3.56. The molecular weight excluding hydrogens is 379 g/mol. The summed E-state index contributed by atoms with van der Waals surface area (Å²) in [4.78, 5) is 15.2. The highest BCUT2D eigenvalue weighted by Crippen LogP contribution is 2.65. The summed E-state index contributed by atoms with van der Waals surface area (Å²) in [6.07, 6.45) is 4.18. The van der Waals surface area contributed by atoms with E-state index in [9.17, 15) is 9.18 Å².